The average molecular weight is 386 g/mol. The molecule has 1 saturated heterocycles. The summed E-state index contributed by atoms with van der Waals surface area (Å²) in [6, 6.07) is 4.43. The fraction of sp³-hybridized carbons (Fsp3) is 0.412. The number of hydrogen-bond acceptors (Lipinski definition) is 4. The van der Waals surface area contributed by atoms with Crippen LogP contribution in [0, 0.1) is 17.6 Å². The summed E-state index contributed by atoms with van der Waals surface area (Å²) in [5, 5.41) is 4.20. The molecule has 1 fully saturated rings. The second-order valence-electron chi connectivity index (χ2n) is 6.31. The number of benzene rings is 1. The number of nitrogens with one attached hydrogen (secondary N) is 1. The van der Waals surface area contributed by atoms with Gasteiger partial charge < -0.3 is 0 Å². The Balaban J connectivity index is 1.50. The Labute approximate surface area is 150 Å². The lowest BCUT2D eigenvalue weighted by Crippen LogP contribution is -2.38. The third-order valence-electron chi connectivity index (χ3n) is 4.40. The van der Waals surface area contributed by atoms with E-state index in [9.17, 15) is 17.2 Å². The summed E-state index contributed by atoms with van der Waals surface area (Å²) in [4.78, 5) is 1.98. The normalized spacial score (nSPS) is 17.0. The van der Waals surface area contributed by atoms with E-state index in [0.29, 0.717) is 6.07 Å². The molecule has 0 unspecified atom stereocenters. The van der Waals surface area contributed by atoms with Crippen molar-refractivity contribution in [3.8, 4) is 0 Å². The van der Waals surface area contributed by atoms with Gasteiger partial charge in [0.2, 0.25) is 10.0 Å². The molecule has 8 heteroatoms. The van der Waals surface area contributed by atoms with E-state index in [-0.39, 0.29) is 17.4 Å². The summed E-state index contributed by atoms with van der Waals surface area (Å²) in [6.45, 7) is 3.03. The first-order valence-corrected chi connectivity index (χ1v) is 10.5. The molecule has 0 atom stereocenters. The number of sulfonamides is 1. The number of nitrogens with zero attached hydrogens (tertiary/aromatic N) is 1. The Hall–Kier alpha value is -1.35. The minimum atomic E-state index is -3.90. The van der Waals surface area contributed by atoms with Gasteiger partial charge >= 0.3 is 0 Å². The van der Waals surface area contributed by atoms with Crippen LogP contribution >= 0.6 is 11.3 Å². The number of hydrogen-bond donors (Lipinski definition) is 1. The molecule has 1 aliphatic heterocycles. The number of thiophene rings is 1. The highest BCUT2D eigenvalue weighted by molar-refractivity contribution is 7.89. The monoisotopic (exact) mass is 386 g/mol. The molecule has 4 nitrogen and oxygen atoms in total. The van der Waals surface area contributed by atoms with E-state index in [1.165, 1.54) is 5.56 Å². The summed E-state index contributed by atoms with van der Waals surface area (Å²) in [6.07, 6.45) is 1.79. The molecule has 2 heterocycles. The van der Waals surface area contributed by atoms with Gasteiger partial charge in [0.15, 0.2) is 0 Å². The van der Waals surface area contributed by atoms with E-state index in [2.05, 4.69) is 26.4 Å². The summed E-state index contributed by atoms with van der Waals surface area (Å²) in [5.41, 5.74) is 1.30. The van der Waals surface area contributed by atoms with Crippen LogP contribution in [-0.2, 0) is 16.6 Å². The van der Waals surface area contributed by atoms with Crippen LogP contribution in [0.25, 0.3) is 0 Å². The van der Waals surface area contributed by atoms with Crippen LogP contribution in [0.2, 0.25) is 0 Å². The fourth-order valence-electron chi connectivity index (χ4n) is 2.98. The first-order valence-electron chi connectivity index (χ1n) is 8.11. The van der Waals surface area contributed by atoms with Gasteiger partial charge in [-0.15, -0.1) is 0 Å². The van der Waals surface area contributed by atoms with Crippen LogP contribution in [0.5, 0.6) is 0 Å². The van der Waals surface area contributed by atoms with Crippen LogP contribution in [0.15, 0.2) is 39.9 Å². The van der Waals surface area contributed by atoms with Crippen LogP contribution in [0.1, 0.15) is 18.4 Å². The quantitative estimate of drug-likeness (QED) is 0.829. The van der Waals surface area contributed by atoms with E-state index in [1.807, 2.05) is 0 Å². The molecule has 0 saturated carbocycles. The molecule has 25 heavy (non-hydrogen) atoms. The van der Waals surface area contributed by atoms with Gasteiger partial charge in [-0.25, -0.2) is 21.9 Å². The summed E-state index contributed by atoms with van der Waals surface area (Å²) in [5.74, 6) is -1.57. The Kier molecular flexibility index (Phi) is 5.83. The van der Waals surface area contributed by atoms with Gasteiger partial charge in [0, 0.05) is 19.2 Å². The molecule has 1 N–H and O–H groups in total. The van der Waals surface area contributed by atoms with Gasteiger partial charge in [-0.3, -0.25) is 4.90 Å². The molecular weight excluding hydrogens is 366 g/mol. The first kappa shape index (κ1) is 18.4. The molecule has 0 bridgehead atoms. The van der Waals surface area contributed by atoms with Crippen LogP contribution in [0.4, 0.5) is 8.78 Å². The van der Waals surface area contributed by atoms with Crippen molar-refractivity contribution in [2.75, 3.05) is 19.6 Å². The maximum atomic E-state index is 13.2. The predicted octanol–water partition coefficient (Wildman–Crippen LogP) is 3.22. The molecule has 136 valence electrons. The van der Waals surface area contributed by atoms with Gasteiger partial charge in [-0.05, 0) is 66.4 Å². The second kappa shape index (κ2) is 7.90. The number of rotatable bonds is 6. The molecule has 2 aromatic rings. The topological polar surface area (TPSA) is 49.4 Å². The summed E-state index contributed by atoms with van der Waals surface area (Å²) < 4.78 is 53.3. The number of likely N-dealkylation sites (tertiary alicyclic amines) is 1. The highest BCUT2D eigenvalue weighted by atomic mass is 32.2. The summed E-state index contributed by atoms with van der Waals surface area (Å²) in [7, 11) is -3.90. The van der Waals surface area contributed by atoms with Crippen molar-refractivity contribution >= 4 is 21.4 Å². The van der Waals surface area contributed by atoms with E-state index < -0.39 is 21.7 Å². The minimum absolute atomic E-state index is 0.229. The van der Waals surface area contributed by atoms with Crippen molar-refractivity contribution in [3.05, 3.63) is 52.2 Å². The molecule has 3 rings (SSSR count). The van der Waals surface area contributed by atoms with E-state index in [0.717, 1.165) is 44.6 Å². The van der Waals surface area contributed by atoms with Crippen molar-refractivity contribution in [3.63, 3.8) is 0 Å². The standard InChI is InChI=1S/C17H20F2N2O2S2/c18-15-7-16(19)9-17(8-15)25(22,23)20-10-13-1-4-21(5-2-13)11-14-3-6-24-12-14/h3,6-9,12-13,20H,1-2,4-5,10-11H2. The van der Waals surface area contributed by atoms with E-state index >= 15 is 0 Å². The van der Waals surface area contributed by atoms with Crippen molar-refractivity contribution < 1.29 is 17.2 Å². The molecule has 1 aromatic heterocycles. The van der Waals surface area contributed by atoms with Crippen molar-refractivity contribution in [2.45, 2.75) is 24.3 Å². The van der Waals surface area contributed by atoms with Gasteiger partial charge in [0.25, 0.3) is 0 Å². The zero-order valence-electron chi connectivity index (χ0n) is 13.6. The molecule has 0 amide bonds. The van der Waals surface area contributed by atoms with E-state index in [4.69, 9.17) is 0 Å². The zero-order chi connectivity index (χ0) is 17.9. The highest BCUT2D eigenvalue weighted by Gasteiger charge is 2.22. The Morgan fingerprint density at radius 1 is 1.16 bits per heavy atom. The fourth-order valence-corrected chi connectivity index (χ4v) is 4.80. The lowest BCUT2D eigenvalue weighted by Gasteiger charge is -2.31. The minimum Gasteiger partial charge on any atom is -0.299 e. The lowest BCUT2D eigenvalue weighted by molar-refractivity contribution is 0.179. The third-order valence-corrected chi connectivity index (χ3v) is 6.54. The Morgan fingerprint density at radius 2 is 1.84 bits per heavy atom. The number of piperidine rings is 1. The SMILES string of the molecule is O=S(=O)(NCC1CCN(Cc2ccsc2)CC1)c1cc(F)cc(F)c1. The molecular formula is C17H20F2N2O2S2. The zero-order valence-corrected chi connectivity index (χ0v) is 15.3. The lowest BCUT2D eigenvalue weighted by atomic mass is 9.97. The maximum Gasteiger partial charge on any atom is 0.240 e. The average Bonchev–Trinajstić information content (AvgIpc) is 3.06. The Bertz CT molecular complexity index is 782. The molecule has 1 aliphatic rings. The second-order valence-corrected chi connectivity index (χ2v) is 8.86. The summed E-state index contributed by atoms with van der Waals surface area (Å²) >= 11 is 1.68. The largest absolute Gasteiger partial charge is 0.299 e. The smallest absolute Gasteiger partial charge is 0.240 e. The van der Waals surface area contributed by atoms with Crippen molar-refractivity contribution in [1.82, 2.24) is 9.62 Å². The molecule has 0 radical (unpaired) electrons. The van der Waals surface area contributed by atoms with Crippen LogP contribution < -0.4 is 4.72 Å². The van der Waals surface area contributed by atoms with Crippen LogP contribution in [-0.4, -0.2) is 33.0 Å². The van der Waals surface area contributed by atoms with Gasteiger partial charge in [-0.1, -0.05) is 0 Å². The molecule has 1 aromatic carbocycles. The van der Waals surface area contributed by atoms with E-state index in [1.54, 1.807) is 11.3 Å². The Morgan fingerprint density at radius 3 is 2.44 bits per heavy atom. The molecule has 0 spiro atoms. The third kappa shape index (κ3) is 5.07. The maximum absolute atomic E-state index is 13.2. The van der Waals surface area contributed by atoms with Gasteiger partial charge in [-0.2, -0.15) is 11.3 Å². The number of halogens is 2. The predicted molar refractivity (Wildman–Crippen MR) is 93.9 cm³/mol. The van der Waals surface area contributed by atoms with Gasteiger partial charge in [0.05, 0.1) is 4.90 Å². The first-order chi connectivity index (χ1) is 11.9. The van der Waals surface area contributed by atoms with Crippen molar-refractivity contribution in [2.24, 2.45) is 5.92 Å². The molecule has 0 aliphatic carbocycles. The highest BCUT2D eigenvalue weighted by Crippen LogP contribution is 2.20. The van der Waals surface area contributed by atoms with Crippen molar-refractivity contribution in [1.29, 1.82) is 0 Å². The van der Waals surface area contributed by atoms with Gasteiger partial charge in [0.1, 0.15) is 11.6 Å². The van der Waals surface area contributed by atoms with Crippen LogP contribution in [0.3, 0.4) is 0 Å².